The molecule has 1 aliphatic rings. The fourth-order valence-corrected chi connectivity index (χ4v) is 2.63. The monoisotopic (exact) mass is 240 g/mol. The van der Waals surface area contributed by atoms with Crippen molar-refractivity contribution in [1.29, 1.82) is 0 Å². The van der Waals surface area contributed by atoms with Crippen LogP contribution in [0.15, 0.2) is 11.4 Å². The summed E-state index contributed by atoms with van der Waals surface area (Å²) in [7, 11) is 0. The molecule has 0 radical (unpaired) electrons. The van der Waals surface area contributed by atoms with E-state index in [-0.39, 0.29) is 17.0 Å². The number of hydrogen-bond donors (Lipinski definition) is 0. The van der Waals surface area contributed by atoms with Gasteiger partial charge in [-0.2, -0.15) is 0 Å². The second kappa shape index (κ2) is 4.21. The second-order valence-electron chi connectivity index (χ2n) is 3.92. The number of thiophene rings is 1. The third kappa shape index (κ3) is 1.92. The topological polar surface area (TPSA) is 63.5 Å². The summed E-state index contributed by atoms with van der Waals surface area (Å²) in [6, 6.07) is 1.60. The van der Waals surface area contributed by atoms with E-state index in [0.29, 0.717) is 5.56 Å². The zero-order valence-electron chi connectivity index (χ0n) is 8.88. The van der Waals surface area contributed by atoms with Crippen LogP contribution in [-0.4, -0.2) is 28.3 Å². The maximum Gasteiger partial charge on any atom is 0.324 e. The number of nitrogens with zero attached hydrogens (tertiary/aromatic N) is 2. The summed E-state index contributed by atoms with van der Waals surface area (Å²) in [5.74, 6) is -0.0886. The molecule has 2 rings (SSSR count). The molecule has 1 fully saturated rings. The SMILES string of the molecule is CC1CCCN1C(=O)c1csc([N+](=O)[O-])c1. The fraction of sp³-hybridized carbons (Fsp3) is 0.500. The van der Waals surface area contributed by atoms with Gasteiger partial charge in [0.1, 0.15) is 0 Å². The van der Waals surface area contributed by atoms with Gasteiger partial charge in [-0.05, 0) is 19.8 Å². The molecule has 0 saturated carbocycles. The third-order valence-electron chi connectivity index (χ3n) is 2.83. The highest BCUT2D eigenvalue weighted by Crippen LogP contribution is 2.26. The molecule has 1 saturated heterocycles. The predicted molar refractivity (Wildman–Crippen MR) is 60.7 cm³/mol. The van der Waals surface area contributed by atoms with Crippen molar-refractivity contribution in [3.63, 3.8) is 0 Å². The van der Waals surface area contributed by atoms with Crippen LogP contribution in [-0.2, 0) is 0 Å². The van der Waals surface area contributed by atoms with Gasteiger partial charge in [0, 0.05) is 24.0 Å². The highest BCUT2D eigenvalue weighted by molar-refractivity contribution is 7.13. The Balaban J connectivity index is 2.17. The summed E-state index contributed by atoms with van der Waals surface area (Å²) >= 11 is 0.999. The molecule has 1 unspecified atom stereocenters. The molecule has 0 spiro atoms. The van der Waals surface area contributed by atoms with Gasteiger partial charge in [0.25, 0.3) is 5.91 Å². The summed E-state index contributed by atoms with van der Waals surface area (Å²) in [6.07, 6.45) is 2.02. The van der Waals surface area contributed by atoms with Gasteiger partial charge < -0.3 is 4.90 Å². The minimum atomic E-state index is -0.463. The number of likely N-dealkylation sites (tertiary alicyclic amines) is 1. The number of carbonyl (C=O) groups excluding carboxylic acids is 1. The van der Waals surface area contributed by atoms with E-state index >= 15 is 0 Å². The van der Waals surface area contributed by atoms with Crippen molar-refractivity contribution in [3.8, 4) is 0 Å². The van der Waals surface area contributed by atoms with Crippen molar-refractivity contribution >= 4 is 22.2 Å². The molecule has 0 aromatic carbocycles. The highest BCUT2D eigenvalue weighted by atomic mass is 32.1. The molecule has 2 heterocycles. The van der Waals surface area contributed by atoms with Crippen molar-refractivity contribution in [3.05, 3.63) is 27.1 Å². The van der Waals surface area contributed by atoms with Crippen molar-refractivity contribution in [1.82, 2.24) is 4.90 Å². The molecule has 0 bridgehead atoms. The highest BCUT2D eigenvalue weighted by Gasteiger charge is 2.27. The largest absolute Gasteiger partial charge is 0.336 e. The van der Waals surface area contributed by atoms with E-state index in [1.807, 2.05) is 6.92 Å². The van der Waals surface area contributed by atoms with E-state index in [0.717, 1.165) is 30.7 Å². The lowest BCUT2D eigenvalue weighted by Gasteiger charge is -2.20. The normalized spacial score (nSPS) is 20.1. The Bertz CT molecular complexity index is 429. The molecule has 1 amide bonds. The lowest BCUT2D eigenvalue weighted by molar-refractivity contribution is -0.380. The predicted octanol–water partition coefficient (Wildman–Crippen LogP) is 2.28. The van der Waals surface area contributed by atoms with E-state index < -0.39 is 4.92 Å². The second-order valence-corrected chi connectivity index (χ2v) is 4.81. The van der Waals surface area contributed by atoms with Gasteiger partial charge in [0.15, 0.2) is 0 Å². The molecular formula is C10H12N2O3S. The molecule has 1 atom stereocenters. The van der Waals surface area contributed by atoms with E-state index in [9.17, 15) is 14.9 Å². The van der Waals surface area contributed by atoms with Crippen LogP contribution in [0.3, 0.4) is 0 Å². The Kier molecular flexibility index (Phi) is 2.91. The Morgan fingerprint density at radius 2 is 2.44 bits per heavy atom. The van der Waals surface area contributed by atoms with Crippen LogP contribution in [0.4, 0.5) is 5.00 Å². The van der Waals surface area contributed by atoms with Crippen LogP contribution in [0.25, 0.3) is 0 Å². The van der Waals surface area contributed by atoms with Crippen molar-refractivity contribution in [2.45, 2.75) is 25.8 Å². The van der Waals surface area contributed by atoms with Crippen LogP contribution in [0.1, 0.15) is 30.1 Å². The van der Waals surface area contributed by atoms with Crippen molar-refractivity contribution in [2.75, 3.05) is 6.54 Å². The summed E-state index contributed by atoms with van der Waals surface area (Å²) in [5.41, 5.74) is 0.436. The maximum absolute atomic E-state index is 12.0. The van der Waals surface area contributed by atoms with E-state index in [1.54, 1.807) is 10.3 Å². The minimum absolute atomic E-state index is 0.0233. The molecule has 16 heavy (non-hydrogen) atoms. The van der Waals surface area contributed by atoms with E-state index in [2.05, 4.69) is 0 Å². The lowest BCUT2D eigenvalue weighted by atomic mass is 10.2. The number of hydrogen-bond acceptors (Lipinski definition) is 4. The number of rotatable bonds is 2. The molecular weight excluding hydrogens is 228 g/mol. The Morgan fingerprint density at radius 1 is 1.69 bits per heavy atom. The summed E-state index contributed by atoms with van der Waals surface area (Å²) < 4.78 is 0. The van der Waals surface area contributed by atoms with Crippen molar-refractivity contribution in [2.24, 2.45) is 0 Å². The quantitative estimate of drug-likeness (QED) is 0.588. The molecule has 0 aliphatic carbocycles. The molecule has 0 N–H and O–H groups in total. The number of nitro groups is 1. The number of amides is 1. The van der Waals surface area contributed by atoms with Crippen LogP contribution in [0, 0.1) is 10.1 Å². The summed E-state index contributed by atoms with van der Waals surface area (Å²) in [6.45, 7) is 2.76. The van der Waals surface area contributed by atoms with Crippen molar-refractivity contribution < 1.29 is 9.72 Å². The van der Waals surface area contributed by atoms with Gasteiger partial charge >= 0.3 is 5.00 Å². The minimum Gasteiger partial charge on any atom is -0.336 e. The Hall–Kier alpha value is -1.43. The summed E-state index contributed by atoms with van der Waals surface area (Å²) in [5, 5.41) is 12.1. The van der Waals surface area contributed by atoms with Gasteiger partial charge in [-0.25, -0.2) is 0 Å². The smallest absolute Gasteiger partial charge is 0.324 e. The van der Waals surface area contributed by atoms with E-state index in [4.69, 9.17) is 0 Å². The zero-order valence-corrected chi connectivity index (χ0v) is 9.70. The van der Waals surface area contributed by atoms with E-state index in [1.165, 1.54) is 6.07 Å². The first kappa shape index (κ1) is 11.1. The van der Waals surface area contributed by atoms with Gasteiger partial charge in [-0.3, -0.25) is 14.9 Å². The standard InChI is InChI=1S/C10H12N2O3S/c1-7-3-2-4-11(7)10(13)8-5-9(12(14)15)16-6-8/h5-7H,2-4H2,1H3. The molecule has 1 aromatic heterocycles. The zero-order chi connectivity index (χ0) is 11.7. The molecule has 5 nitrogen and oxygen atoms in total. The summed E-state index contributed by atoms with van der Waals surface area (Å²) in [4.78, 5) is 23.8. The first-order chi connectivity index (χ1) is 7.59. The molecule has 1 aromatic rings. The van der Waals surface area contributed by atoms with Crippen LogP contribution in [0.5, 0.6) is 0 Å². The van der Waals surface area contributed by atoms with Gasteiger partial charge in [0.05, 0.1) is 10.5 Å². The Labute approximate surface area is 96.8 Å². The fourth-order valence-electron chi connectivity index (χ4n) is 1.93. The molecule has 6 heteroatoms. The maximum atomic E-state index is 12.0. The molecule has 1 aliphatic heterocycles. The Morgan fingerprint density at radius 3 is 2.94 bits per heavy atom. The average Bonchev–Trinajstić information content (AvgIpc) is 2.84. The van der Waals surface area contributed by atoms with Gasteiger partial charge in [-0.1, -0.05) is 11.3 Å². The van der Waals surface area contributed by atoms with Crippen LogP contribution < -0.4 is 0 Å². The first-order valence-corrected chi connectivity index (χ1v) is 6.01. The number of carbonyl (C=O) groups is 1. The average molecular weight is 240 g/mol. The lowest BCUT2D eigenvalue weighted by Crippen LogP contribution is -2.33. The van der Waals surface area contributed by atoms with Crippen LogP contribution >= 0.6 is 11.3 Å². The third-order valence-corrected chi connectivity index (χ3v) is 3.71. The molecule has 86 valence electrons. The van der Waals surface area contributed by atoms with Gasteiger partial charge in [0.2, 0.25) is 0 Å². The van der Waals surface area contributed by atoms with Gasteiger partial charge in [-0.15, -0.1) is 0 Å². The van der Waals surface area contributed by atoms with Crippen LogP contribution in [0.2, 0.25) is 0 Å². The first-order valence-electron chi connectivity index (χ1n) is 5.13.